The number of aliphatic carboxylic acids is 1. The van der Waals surface area contributed by atoms with Gasteiger partial charge in [-0.3, -0.25) is 9.59 Å². The summed E-state index contributed by atoms with van der Waals surface area (Å²) in [6.45, 7) is 0. The van der Waals surface area contributed by atoms with E-state index in [1.807, 2.05) is 0 Å². The monoisotopic (exact) mass is 303 g/mol. The van der Waals surface area contributed by atoms with Gasteiger partial charge in [0.1, 0.15) is 17.3 Å². The van der Waals surface area contributed by atoms with Crippen LogP contribution in [0.3, 0.4) is 0 Å². The average molecular weight is 303 g/mol. The molecule has 3 rings (SSSR count). The van der Waals surface area contributed by atoms with Crippen LogP contribution in [-0.2, 0) is 11.2 Å². The molecule has 7 heteroatoms. The summed E-state index contributed by atoms with van der Waals surface area (Å²) >= 11 is 0. The molecule has 0 amide bonds. The molecule has 22 heavy (non-hydrogen) atoms. The number of hydrogen-bond donors (Lipinski definition) is 2. The van der Waals surface area contributed by atoms with Gasteiger partial charge in [-0.05, 0) is 18.8 Å². The van der Waals surface area contributed by atoms with Gasteiger partial charge in [-0.2, -0.15) is 5.10 Å². The maximum absolute atomic E-state index is 12.3. The predicted molar refractivity (Wildman–Crippen MR) is 78.4 cm³/mol. The topological polar surface area (TPSA) is 105 Å². The van der Waals surface area contributed by atoms with Crippen LogP contribution in [0.1, 0.15) is 37.8 Å². The summed E-state index contributed by atoms with van der Waals surface area (Å²) in [5.41, 5.74) is 0.731. The summed E-state index contributed by atoms with van der Waals surface area (Å²) in [5, 5.41) is 22.9. The molecule has 1 saturated carbocycles. The largest absolute Gasteiger partial charge is 0.511 e. The van der Waals surface area contributed by atoms with Crippen molar-refractivity contribution in [1.82, 2.24) is 14.6 Å². The van der Waals surface area contributed by atoms with Crippen molar-refractivity contribution >= 4 is 17.4 Å². The molecule has 116 valence electrons. The first-order valence-corrected chi connectivity index (χ1v) is 7.36. The Kier molecular flexibility index (Phi) is 3.79. The van der Waals surface area contributed by atoms with E-state index in [2.05, 4.69) is 10.1 Å². The van der Waals surface area contributed by atoms with Crippen molar-refractivity contribution in [1.29, 1.82) is 0 Å². The molecule has 2 heterocycles. The van der Waals surface area contributed by atoms with E-state index in [-0.39, 0.29) is 29.2 Å². The van der Waals surface area contributed by atoms with Crippen molar-refractivity contribution in [3.05, 3.63) is 33.5 Å². The number of hydrogen-bond acceptors (Lipinski definition) is 5. The molecule has 2 aromatic heterocycles. The van der Waals surface area contributed by atoms with E-state index in [4.69, 9.17) is 5.11 Å². The van der Waals surface area contributed by atoms with Crippen molar-refractivity contribution in [3.63, 3.8) is 0 Å². The molecular formula is C15H17N3O4. The van der Waals surface area contributed by atoms with Gasteiger partial charge in [0, 0.05) is 18.2 Å². The molecule has 1 aliphatic rings. The van der Waals surface area contributed by atoms with Gasteiger partial charge in [-0.15, -0.1) is 0 Å². The zero-order valence-electron chi connectivity index (χ0n) is 12.0. The summed E-state index contributed by atoms with van der Waals surface area (Å²) in [6, 6.07) is 1.47. The first-order chi connectivity index (χ1) is 10.6. The zero-order chi connectivity index (χ0) is 15.7. The molecule has 0 aliphatic heterocycles. The van der Waals surface area contributed by atoms with E-state index >= 15 is 0 Å². The fourth-order valence-electron chi connectivity index (χ4n) is 2.58. The predicted octanol–water partition coefficient (Wildman–Crippen LogP) is 0.682. The van der Waals surface area contributed by atoms with Gasteiger partial charge in [0.25, 0.3) is 0 Å². The average Bonchev–Trinajstić information content (AvgIpc) is 3.18. The highest BCUT2D eigenvalue weighted by Gasteiger charge is 2.21. The van der Waals surface area contributed by atoms with E-state index in [0.717, 1.165) is 24.5 Å². The quantitative estimate of drug-likeness (QED) is 0.813. The number of carbonyl (C=O) groups is 1. The Hall–Kier alpha value is -2.44. The number of carboxylic acids is 1. The third-order valence-corrected chi connectivity index (χ3v) is 3.96. The summed E-state index contributed by atoms with van der Waals surface area (Å²) in [5.74, 6) is -0.541. The normalized spacial score (nSPS) is 16.0. The maximum atomic E-state index is 12.3. The summed E-state index contributed by atoms with van der Waals surface area (Å²) in [6.07, 6.45) is 5.24. The van der Waals surface area contributed by atoms with Gasteiger partial charge in [0.15, 0.2) is 11.1 Å². The fraction of sp³-hybridized carbons (Fsp3) is 0.467. The highest BCUT2D eigenvalue weighted by Crippen LogP contribution is 2.33. The van der Waals surface area contributed by atoms with Crippen molar-refractivity contribution in [2.24, 2.45) is 5.92 Å². The number of fused-ring (bicyclic) bond motifs is 1. The molecule has 0 saturated heterocycles. The van der Waals surface area contributed by atoms with E-state index in [1.165, 1.54) is 25.2 Å². The molecule has 2 N–H and O–H groups in total. The van der Waals surface area contributed by atoms with Gasteiger partial charge in [-0.1, -0.05) is 12.8 Å². The van der Waals surface area contributed by atoms with Crippen LogP contribution in [-0.4, -0.2) is 30.8 Å². The molecule has 2 aromatic rings. The zero-order valence-corrected chi connectivity index (χ0v) is 12.0. The molecule has 0 radical (unpaired) electrons. The number of aliphatic hydroxyl groups is 1. The van der Waals surface area contributed by atoms with E-state index in [9.17, 15) is 14.7 Å². The second-order valence-electron chi connectivity index (χ2n) is 5.69. The van der Waals surface area contributed by atoms with Gasteiger partial charge >= 0.3 is 5.97 Å². The molecule has 7 nitrogen and oxygen atoms in total. The smallest absolute Gasteiger partial charge is 0.303 e. The number of nitrogens with zero attached hydrogens (tertiary/aromatic N) is 3. The van der Waals surface area contributed by atoms with E-state index in [0.29, 0.717) is 5.65 Å². The van der Waals surface area contributed by atoms with Crippen molar-refractivity contribution in [3.8, 4) is 0 Å². The highest BCUT2D eigenvalue weighted by atomic mass is 16.4. The van der Waals surface area contributed by atoms with Crippen molar-refractivity contribution in [2.75, 3.05) is 0 Å². The number of aryl methyl sites for hydroxylation is 1. The van der Waals surface area contributed by atoms with Crippen LogP contribution in [0.2, 0.25) is 0 Å². The minimum absolute atomic E-state index is 0.0499. The molecule has 0 bridgehead atoms. The van der Waals surface area contributed by atoms with Crippen molar-refractivity contribution < 1.29 is 15.0 Å². The van der Waals surface area contributed by atoms with Crippen LogP contribution in [0.4, 0.5) is 0 Å². The van der Waals surface area contributed by atoms with Gasteiger partial charge in [0.05, 0.1) is 6.42 Å². The molecule has 0 aromatic carbocycles. The Balaban J connectivity index is 2.04. The molecule has 0 unspecified atom stereocenters. The fourth-order valence-corrected chi connectivity index (χ4v) is 2.58. The molecule has 1 aliphatic carbocycles. The minimum Gasteiger partial charge on any atom is -0.511 e. The lowest BCUT2D eigenvalue weighted by molar-refractivity contribution is -0.136. The van der Waals surface area contributed by atoms with Crippen LogP contribution in [0.5, 0.6) is 0 Å². The Labute approximate surface area is 125 Å². The van der Waals surface area contributed by atoms with Crippen LogP contribution >= 0.6 is 0 Å². The molecule has 1 fully saturated rings. The maximum Gasteiger partial charge on any atom is 0.303 e. The third kappa shape index (κ3) is 2.93. The molecular weight excluding hydrogens is 286 g/mol. The lowest BCUT2D eigenvalue weighted by Gasteiger charge is -2.04. The Bertz CT molecular complexity index is 823. The van der Waals surface area contributed by atoms with E-state index < -0.39 is 5.97 Å². The van der Waals surface area contributed by atoms with Gasteiger partial charge in [-0.25, -0.2) is 9.50 Å². The Morgan fingerprint density at radius 1 is 1.32 bits per heavy atom. The van der Waals surface area contributed by atoms with Gasteiger partial charge < -0.3 is 10.2 Å². The standard InChI is InChI=1S/C15H17N3O4/c19-11(5-6-13(21)22)14-12(20)7-10(4-3-9-1-2-9)18-15(14)16-8-17-18/h7-9,19H,1-6H2,(H,21,22)/b14-11-. The number of aliphatic hydroxyl groups excluding tert-OH is 1. The second kappa shape index (κ2) is 5.75. The first-order valence-electron chi connectivity index (χ1n) is 7.36. The number of carboxylic acid groups (broad SMARTS) is 1. The second-order valence-corrected chi connectivity index (χ2v) is 5.69. The van der Waals surface area contributed by atoms with Crippen molar-refractivity contribution in [2.45, 2.75) is 38.5 Å². The number of aromatic nitrogens is 3. The summed E-state index contributed by atoms with van der Waals surface area (Å²) in [4.78, 5) is 27.0. The summed E-state index contributed by atoms with van der Waals surface area (Å²) < 4.78 is 1.57. The Morgan fingerprint density at radius 2 is 2.09 bits per heavy atom. The lowest BCUT2D eigenvalue weighted by atomic mass is 10.1. The van der Waals surface area contributed by atoms with Crippen LogP contribution < -0.4 is 10.6 Å². The molecule has 0 atom stereocenters. The van der Waals surface area contributed by atoms with Gasteiger partial charge in [0.2, 0.25) is 0 Å². The lowest BCUT2D eigenvalue weighted by Crippen LogP contribution is -2.31. The van der Waals surface area contributed by atoms with Crippen LogP contribution in [0, 0.1) is 5.92 Å². The SMILES string of the molecule is O=C(O)CC/C(O)=c1\c(=O)cc(CCC2CC2)n2ncnc12. The Morgan fingerprint density at radius 3 is 2.77 bits per heavy atom. The van der Waals surface area contributed by atoms with Crippen LogP contribution in [0.15, 0.2) is 17.2 Å². The van der Waals surface area contributed by atoms with E-state index in [1.54, 1.807) is 4.52 Å². The van der Waals surface area contributed by atoms with Crippen LogP contribution in [0.25, 0.3) is 11.4 Å². The number of rotatable bonds is 6. The minimum atomic E-state index is -1.03. The highest BCUT2D eigenvalue weighted by molar-refractivity contribution is 5.68. The first kappa shape index (κ1) is 14.5. The molecule has 0 spiro atoms. The summed E-state index contributed by atoms with van der Waals surface area (Å²) in [7, 11) is 0. The number of pyridine rings is 1. The third-order valence-electron chi connectivity index (χ3n) is 3.96.